The minimum Gasteiger partial charge on any atom is -0.494 e. The van der Waals surface area contributed by atoms with E-state index in [0.29, 0.717) is 12.6 Å². The second kappa shape index (κ2) is 10.9. The average Bonchev–Trinajstić information content (AvgIpc) is 3.22. The van der Waals surface area contributed by atoms with E-state index >= 15 is 0 Å². The normalized spacial score (nSPS) is 21.4. The smallest absolute Gasteiger partial charge is 0.494 e. The van der Waals surface area contributed by atoms with Crippen LogP contribution < -0.4 is 10.2 Å². The Hall–Kier alpha value is -1.71. The van der Waals surface area contributed by atoms with Crippen LogP contribution in [0.3, 0.4) is 0 Å². The number of carbonyl (C=O) groups is 1. The van der Waals surface area contributed by atoms with E-state index in [1.54, 1.807) is 0 Å². The molecule has 2 fully saturated rings. The fourth-order valence-electron chi connectivity index (χ4n) is 2.60. The van der Waals surface area contributed by atoms with Crippen molar-refractivity contribution in [3.05, 3.63) is 23.8 Å². The summed E-state index contributed by atoms with van der Waals surface area (Å²) in [7, 11) is 1.67. The van der Waals surface area contributed by atoms with Gasteiger partial charge >= 0.3 is 7.12 Å². The van der Waals surface area contributed by atoms with Crippen molar-refractivity contribution in [1.29, 1.82) is 0 Å². The summed E-state index contributed by atoms with van der Waals surface area (Å²) in [6, 6.07) is 2.78. The number of halogens is 2. The Morgan fingerprint density at radius 2 is 1.66 bits per heavy atom. The Balaban J connectivity index is 0.000000345. The lowest BCUT2D eigenvalue weighted by atomic mass is 9.78. The van der Waals surface area contributed by atoms with Crippen LogP contribution in [0.1, 0.15) is 47.5 Å². The summed E-state index contributed by atoms with van der Waals surface area (Å²) in [6.07, 6.45) is 3.08. The zero-order chi connectivity index (χ0) is 22.2. The number of benzene rings is 1. The van der Waals surface area contributed by atoms with Gasteiger partial charge in [0.05, 0.1) is 31.5 Å². The quantitative estimate of drug-likeness (QED) is 0.557. The first kappa shape index (κ1) is 25.3. The SMILES string of the molecule is CC1CCCO1.COC=O.COc1ccc(B2OC(C)(C)C(C)(C)O2)c(F)c1F. The highest BCUT2D eigenvalue weighted by Crippen LogP contribution is 2.37. The third-order valence-corrected chi connectivity index (χ3v) is 5.06. The van der Waals surface area contributed by atoms with Crippen molar-refractivity contribution in [2.45, 2.75) is 64.8 Å². The van der Waals surface area contributed by atoms with Crippen LogP contribution in [0.5, 0.6) is 5.75 Å². The fourth-order valence-corrected chi connectivity index (χ4v) is 2.60. The van der Waals surface area contributed by atoms with Gasteiger partial charge in [0.2, 0.25) is 0 Å². The molecule has 2 aliphatic rings. The molecule has 0 bridgehead atoms. The van der Waals surface area contributed by atoms with Crippen LogP contribution in [0.25, 0.3) is 0 Å². The molecule has 1 aromatic carbocycles. The van der Waals surface area contributed by atoms with Crippen LogP contribution in [0.15, 0.2) is 12.1 Å². The lowest BCUT2D eigenvalue weighted by Crippen LogP contribution is -2.41. The highest BCUT2D eigenvalue weighted by molar-refractivity contribution is 6.62. The van der Waals surface area contributed by atoms with Gasteiger partial charge in [0.1, 0.15) is 0 Å². The van der Waals surface area contributed by atoms with E-state index in [0.717, 1.165) is 6.61 Å². The fraction of sp³-hybridized carbons (Fsp3) is 0.650. The molecule has 1 atom stereocenters. The Labute approximate surface area is 171 Å². The predicted molar refractivity (Wildman–Crippen MR) is 106 cm³/mol. The van der Waals surface area contributed by atoms with Gasteiger partial charge < -0.3 is 23.5 Å². The monoisotopic (exact) mass is 416 g/mol. The van der Waals surface area contributed by atoms with E-state index in [4.69, 9.17) is 23.6 Å². The Bertz CT molecular complexity index is 647. The second-order valence-electron chi connectivity index (χ2n) is 7.73. The van der Waals surface area contributed by atoms with Gasteiger partial charge in [-0.1, -0.05) is 6.07 Å². The summed E-state index contributed by atoms with van der Waals surface area (Å²) in [6.45, 7) is 10.9. The molecule has 0 aromatic heterocycles. The second-order valence-corrected chi connectivity index (χ2v) is 7.73. The van der Waals surface area contributed by atoms with Gasteiger partial charge in [0, 0.05) is 12.1 Å². The molecule has 0 saturated carbocycles. The van der Waals surface area contributed by atoms with Crippen LogP contribution in [0, 0.1) is 11.6 Å². The zero-order valence-electron chi connectivity index (χ0n) is 18.2. The molecule has 9 heteroatoms. The zero-order valence-corrected chi connectivity index (χ0v) is 18.2. The molecule has 2 aliphatic heterocycles. The summed E-state index contributed by atoms with van der Waals surface area (Å²) >= 11 is 0. The van der Waals surface area contributed by atoms with Gasteiger partial charge in [-0.2, -0.15) is 4.39 Å². The lowest BCUT2D eigenvalue weighted by molar-refractivity contribution is -0.126. The minimum atomic E-state index is -1.03. The summed E-state index contributed by atoms with van der Waals surface area (Å²) in [5.41, 5.74) is -1.15. The van der Waals surface area contributed by atoms with Gasteiger partial charge in [-0.3, -0.25) is 4.79 Å². The summed E-state index contributed by atoms with van der Waals surface area (Å²) < 4.78 is 52.8. The highest BCUT2D eigenvalue weighted by atomic mass is 19.2. The van der Waals surface area contributed by atoms with Crippen LogP contribution in [-0.4, -0.2) is 51.7 Å². The van der Waals surface area contributed by atoms with Gasteiger partial charge in [-0.05, 0) is 53.5 Å². The highest BCUT2D eigenvalue weighted by Gasteiger charge is 2.52. The number of hydrogen-bond donors (Lipinski definition) is 0. The lowest BCUT2D eigenvalue weighted by Gasteiger charge is -2.32. The first-order chi connectivity index (χ1) is 13.5. The van der Waals surface area contributed by atoms with Gasteiger partial charge in [0.25, 0.3) is 6.47 Å². The maximum absolute atomic E-state index is 14.0. The Morgan fingerprint density at radius 3 is 2.00 bits per heavy atom. The largest absolute Gasteiger partial charge is 0.497 e. The van der Waals surface area contributed by atoms with E-state index in [-0.39, 0.29) is 11.2 Å². The maximum atomic E-state index is 14.0. The molecule has 2 saturated heterocycles. The molecular formula is C20H31BF2O6. The standard InChI is InChI=1S/C13H17BF2O3.C5H10O.C2H4O2/c1-12(2)13(3,4)19-14(18-12)8-6-7-9(17-5)11(16)10(8)15;1-5-3-2-4-6-5;1-4-2-3/h6-7H,1-5H3;5H,2-4H2,1H3;2H,1H3. The van der Waals surface area contributed by atoms with Crippen molar-refractivity contribution in [3.63, 3.8) is 0 Å². The molecule has 1 unspecified atom stereocenters. The molecule has 29 heavy (non-hydrogen) atoms. The third-order valence-electron chi connectivity index (χ3n) is 5.06. The number of methoxy groups -OCH3 is 2. The topological polar surface area (TPSA) is 63.2 Å². The van der Waals surface area contributed by atoms with Crippen LogP contribution in [-0.2, 0) is 23.6 Å². The van der Waals surface area contributed by atoms with Crippen molar-refractivity contribution in [2.75, 3.05) is 20.8 Å². The van der Waals surface area contributed by atoms with Crippen molar-refractivity contribution in [2.24, 2.45) is 0 Å². The summed E-state index contributed by atoms with van der Waals surface area (Å²) in [5.74, 6) is -2.18. The van der Waals surface area contributed by atoms with Crippen molar-refractivity contribution in [3.8, 4) is 5.75 Å². The molecule has 0 N–H and O–H groups in total. The number of ether oxygens (including phenoxy) is 3. The minimum absolute atomic E-state index is 0.0388. The van der Waals surface area contributed by atoms with Crippen molar-refractivity contribution >= 4 is 19.1 Å². The van der Waals surface area contributed by atoms with Crippen LogP contribution in [0.4, 0.5) is 8.78 Å². The molecule has 3 rings (SSSR count). The van der Waals surface area contributed by atoms with Crippen molar-refractivity contribution < 1.29 is 37.1 Å². The number of hydrogen-bond acceptors (Lipinski definition) is 6. The first-order valence-corrected chi connectivity index (χ1v) is 9.46. The van der Waals surface area contributed by atoms with Crippen LogP contribution in [0.2, 0.25) is 0 Å². The summed E-state index contributed by atoms with van der Waals surface area (Å²) in [5, 5.41) is 0. The number of carbonyl (C=O) groups excluding carboxylic acids is 1. The van der Waals surface area contributed by atoms with E-state index in [1.165, 1.54) is 39.2 Å². The predicted octanol–water partition coefficient (Wildman–Crippen LogP) is 3.25. The molecule has 2 heterocycles. The average molecular weight is 416 g/mol. The summed E-state index contributed by atoms with van der Waals surface area (Å²) in [4.78, 5) is 8.95. The molecule has 0 radical (unpaired) electrons. The van der Waals surface area contributed by atoms with Gasteiger partial charge in [0.15, 0.2) is 17.4 Å². The third kappa shape index (κ3) is 6.65. The number of rotatable bonds is 3. The molecule has 164 valence electrons. The molecule has 1 aromatic rings. The van der Waals surface area contributed by atoms with Gasteiger partial charge in [-0.15, -0.1) is 0 Å². The van der Waals surface area contributed by atoms with E-state index in [9.17, 15) is 8.78 Å². The molecule has 0 aliphatic carbocycles. The first-order valence-electron chi connectivity index (χ1n) is 9.46. The Kier molecular flexibility index (Phi) is 9.52. The molecule has 0 amide bonds. The van der Waals surface area contributed by atoms with Gasteiger partial charge in [-0.25, -0.2) is 4.39 Å². The maximum Gasteiger partial charge on any atom is 0.497 e. The van der Waals surface area contributed by atoms with E-state index in [2.05, 4.69) is 11.7 Å². The van der Waals surface area contributed by atoms with Crippen LogP contribution >= 0.6 is 0 Å². The molecular weight excluding hydrogens is 385 g/mol. The Morgan fingerprint density at radius 1 is 1.10 bits per heavy atom. The van der Waals surface area contributed by atoms with E-state index in [1.807, 2.05) is 27.7 Å². The van der Waals surface area contributed by atoms with E-state index < -0.39 is 30.0 Å². The molecule has 0 spiro atoms. The molecule has 6 nitrogen and oxygen atoms in total. The van der Waals surface area contributed by atoms with Crippen molar-refractivity contribution in [1.82, 2.24) is 0 Å².